The topological polar surface area (TPSA) is 21.3 Å². The van der Waals surface area contributed by atoms with Crippen molar-refractivity contribution in [1.82, 2.24) is 0 Å². The summed E-state index contributed by atoms with van der Waals surface area (Å²) >= 11 is 0. The number of anilines is 1. The molecule has 2 aromatic carbocycles. The minimum atomic E-state index is -2.94. The van der Waals surface area contributed by atoms with Gasteiger partial charge in [0.15, 0.2) is 0 Å². The van der Waals surface area contributed by atoms with E-state index in [1.807, 2.05) is 0 Å². The van der Waals surface area contributed by atoms with E-state index < -0.39 is 24.3 Å². The van der Waals surface area contributed by atoms with Crippen LogP contribution in [0.4, 0.5) is 23.2 Å². The zero-order chi connectivity index (χ0) is 15.4. The number of para-hydroxylation sites is 1. The summed E-state index contributed by atoms with van der Waals surface area (Å²) in [5.41, 5.74) is 0.675. The first-order chi connectivity index (χ1) is 9.95. The van der Waals surface area contributed by atoms with Crippen molar-refractivity contribution in [3.8, 4) is 5.75 Å². The second-order valence-corrected chi connectivity index (χ2v) is 4.44. The molecule has 112 valence electrons. The zero-order valence-electron chi connectivity index (χ0n) is 11.1. The van der Waals surface area contributed by atoms with Gasteiger partial charge in [-0.15, -0.1) is 0 Å². The Morgan fingerprint density at radius 1 is 1.00 bits per heavy atom. The molecule has 0 aliphatic heterocycles. The van der Waals surface area contributed by atoms with Gasteiger partial charge in [0.25, 0.3) is 0 Å². The van der Waals surface area contributed by atoms with Gasteiger partial charge in [0.05, 0.1) is 6.04 Å². The Morgan fingerprint density at radius 2 is 1.62 bits per heavy atom. The Bertz CT molecular complexity index is 598. The van der Waals surface area contributed by atoms with Crippen molar-refractivity contribution in [3.05, 3.63) is 59.7 Å². The lowest BCUT2D eigenvalue weighted by Gasteiger charge is -2.19. The molecule has 0 bridgehead atoms. The van der Waals surface area contributed by atoms with Crippen LogP contribution < -0.4 is 10.1 Å². The summed E-state index contributed by atoms with van der Waals surface area (Å²) in [4.78, 5) is 0. The van der Waals surface area contributed by atoms with E-state index in [1.54, 1.807) is 25.1 Å². The Labute approximate surface area is 119 Å². The van der Waals surface area contributed by atoms with Crippen LogP contribution in [0.15, 0.2) is 42.5 Å². The van der Waals surface area contributed by atoms with E-state index in [9.17, 15) is 17.6 Å². The van der Waals surface area contributed by atoms with E-state index in [1.165, 1.54) is 6.07 Å². The second-order valence-electron chi connectivity index (χ2n) is 4.44. The number of hydrogen-bond donors (Lipinski definition) is 1. The summed E-state index contributed by atoms with van der Waals surface area (Å²) in [6, 6.07) is 8.77. The number of nitrogens with one attached hydrogen (secondary N) is 1. The molecule has 0 saturated heterocycles. The molecule has 1 unspecified atom stereocenters. The van der Waals surface area contributed by atoms with E-state index in [-0.39, 0.29) is 11.4 Å². The van der Waals surface area contributed by atoms with Crippen molar-refractivity contribution >= 4 is 5.69 Å². The van der Waals surface area contributed by atoms with Crippen LogP contribution in [-0.2, 0) is 0 Å². The first kappa shape index (κ1) is 15.2. The number of ether oxygens (including phenoxy) is 1. The maximum Gasteiger partial charge on any atom is 0.387 e. The second kappa shape index (κ2) is 6.47. The lowest BCUT2D eigenvalue weighted by molar-refractivity contribution is -0.0505. The molecule has 0 fully saturated rings. The van der Waals surface area contributed by atoms with Gasteiger partial charge in [0.1, 0.15) is 17.4 Å². The third-order valence-corrected chi connectivity index (χ3v) is 2.85. The lowest BCUT2D eigenvalue weighted by Crippen LogP contribution is -2.11. The maximum absolute atomic E-state index is 13.1. The van der Waals surface area contributed by atoms with Crippen LogP contribution in [0.25, 0.3) is 0 Å². The van der Waals surface area contributed by atoms with Crippen molar-refractivity contribution in [1.29, 1.82) is 0 Å². The normalized spacial score (nSPS) is 12.3. The first-order valence-electron chi connectivity index (χ1n) is 6.22. The Morgan fingerprint density at radius 3 is 2.24 bits per heavy atom. The number of rotatable bonds is 5. The molecule has 0 heterocycles. The predicted molar refractivity (Wildman–Crippen MR) is 71.5 cm³/mol. The monoisotopic (exact) mass is 299 g/mol. The molecule has 0 aromatic heterocycles. The molecule has 0 amide bonds. The fraction of sp³-hybridized carbons (Fsp3) is 0.200. The van der Waals surface area contributed by atoms with Gasteiger partial charge in [0, 0.05) is 17.3 Å². The van der Waals surface area contributed by atoms with E-state index >= 15 is 0 Å². The highest BCUT2D eigenvalue weighted by molar-refractivity contribution is 5.48. The highest BCUT2D eigenvalue weighted by atomic mass is 19.3. The molecule has 0 aliphatic carbocycles. The molecule has 2 aromatic rings. The van der Waals surface area contributed by atoms with Gasteiger partial charge in [-0.1, -0.05) is 18.2 Å². The van der Waals surface area contributed by atoms with Crippen molar-refractivity contribution in [2.75, 3.05) is 5.32 Å². The van der Waals surface area contributed by atoms with Gasteiger partial charge >= 0.3 is 6.61 Å². The summed E-state index contributed by atoms with van der Waals surface area (Å²) < 4.78 is 55.4. The van der Waals surface area contributed by atoms with Gasteiger partial charge in [-0.2, -0.15) is 8.78 Å². The number of alkyl halides is 2. The summed E-state index contributed by atoms with van der Waals surface area (Å²) in [6.07, 6.45) is 0. The average Bonchev–Trinajstić information content (AvgIpc) is 2.37. The first-order valence-corrected chi connectivity index (χ1v) is 6.22. The molecule has 0 aliphatic rings. The molecule has 6 heteroatoms. The van der Waals surface area contributed by atoms with Crippen LogP contribution in [0, 0.1) is 11.6 Å². The Kier molecular flexibility index (Phi) is 4.67. The van der Waals surface area contributed by atoms with Crippen LogP contribution in [0.1, 0.15) is 18.5 Å². The molecule has 1 atom stereocenters. The smallest absolute Gasteiger partial charge is 0.387 e. The van der Waals surface area contributed by atoms with Crippen LogP contribution in [0.3, 0.4) is 0 Å². The molecule has 1 N–H and O–H groups in total. The summed E-state index contributed by atoms with van der Waals surface area (Å²) in [5, 5.41) is 2.85. The molecular weight excluding hydrogens is 286 g/mol. The van der Waals surface area contributed by atoms with Crippen LogP contribution in [0.5, 0.6) is 5.75 Å². The average molecular weight is 299 g/mol. The fourth-order valence-electron chi connectivity index (χ4n) is 2.01. The molecule has 21 heavy (non-hydrogen) atoms. The zero-order valence-corrected chi connectivity index (χ0v) is 11.1. The molecule has 2 nitrogen and oxygen atoms in total. The van der Waals surface area contributed by atoms with Crippen molar-refractivity contribution < 1.29 is 22.3 Å². The van der Waals surface area contributed by atoms with Crippen LogP contribution >= 0.6 is 0 Å². The fourth-order valence-corrected chi connectivity index (χ4v) is 2.01. The largest absolute Gasteiger partial charge is 0.434 e. The number of benzene rings is 2. The van der Waals surface area contributed by atoms with Crippen molar-refractivity contribution in [2.24, 2.45) is 0 Å². The molecular formula is C15H13F4NO. The minimum Gasteiger partial charge on any atom is -0.434 e. The van der Waals surface area contributed by atoms with Crippen molar-refractivity contribution in [2.45, 2.75) is 19.6 Å². The third kappa shape index (κ3) is 4.11. The molecule has 2 rings (SSSR count). The van der Waals surface area contributed by atoms with E-state index in [0.29, 0.717) is 5.56 Å². The van der Waals surface area contributed by atoms with E-state index in [2.05, 4.69) is 10.1 Å². The maximum atomic E-state index is 13.1. The van der Waals surface area contributed by atoms with Crippen molar-refractivity contribution in [3.63, 3.8) is 0 Å². The highest BCUT2D eigenvalue weighted by Crippen LogP contribution is 2.29. The number of halogens is 4. The Hall–Kier alpha value is -2.24. The predicted octanol–water partition coefficient (Wildman–Crippen LogP) is 4.74. The summed E-state index contributed by atoms with van der Waals surface area (Å²) in [6.45, 7) is -1.26. The lowest BCUT2D eigenvalue weighted by atomic mass is 10.1. The van der Waals surface area contributed by atoms with Gasteiger partial charge in [-0.05, 0) is 25.1 Å². The molecule has 0 spiro atoms. The summed E-state index contributed by atoms with van der Waals surface area (Å²) in [5.74, 6) is -1.42. The van der Waals surface area contributed by atoms with Crippen LogP contribution in [0.2, 0.25) is 0 Å². The van der Waals surface area contributed by atoms with Crippen LogP contribution in [-0.4, -0.2) is 6.61 Å². The van der Waals surface area contributed by atoms with E-state index in [0.717, 1.165) is 18.2 Å². The SMILES string of the molecule is CC(Nc1cc(F)cc(F)c1)c1ccccc1OC(F)F. The quantitative estimate of drug-likeness (QED) is 0.805. The minimum absolute atomic E-state index is 0.0179. The molecule has 0 radical (unpaired) electrons. The highest BCUT2D eigenvalue weighted by Gasteiger charge is 2.15. The van der Waals surface area contributed by atoms with Gasteiger partial charge in [-0.25, -0.2) is 8.78 Å². The number of hydrogen-bond acceptors (Lipinski definition) is 2. The standard InChI is InChI=1S/C15H13F4NO/c1-9(20-12-7-10(16)6-11(17)8-12)13-4-2-3-5-14(13)21-15(18)19/h2-9,15,20H,1H3. The third-order valence-electron chi connectivity index (χ3n) is 2.85. The van der Waals surface area contributed by atoms with Gasteiger partial charge in [0.2, 0.25) is 0 Å². The van der Waals surface area contributed by atoms with Gasteiger partial charge in [-0.3, -0.25) is 0 Å². The van der Waals surface area contributed by atoms with Gasteiger partial charge < -0.3 is 10.1 Å². The molecule has 0 saturated carbocycles. The van der Waals surface area contributed by atoms with E-state index in [4.69, 9.17) is 0 Å². The summed E-state index contributed by atoms with van der Waals surface area (Å²) in [7, 11) is 0. The Balaban J connectivity index is 2.22.